The Kier molecular flexibility index (Phi) is 18.0. The SMILES string of the molecule is CCCCCC[n+]1ccn(CCC(=O)N2CN(C(=O)CCN3CC[NH+](CCCCCC)C3)CN(C(=O)CCn3cc[n+](CCCCCC)c3)C2)c1. The van der Waals surface area contributed by atoms with E-state index >= 15 is 0 Å². The number of unbranched alkanes of at least 4 members (excludes halogenated alkanes) is 9. The van der Waals surface area contributed by atoms with E-state index in [1.54, 1.807) is 19.6 Å². The summed E-state index contributed by atoms with van der Waals surface area (Å²) < 4.78 is 8.50. The number of carbonyl (C=O) groups is 3. The molecule has 1 atom stereocenters. The van der Waals surface area contributed by atoms with Gasteiger partial charge in [-0.15, -0.1) is 0 Å². The molecule has 2 fully saturated rings. The summed E-state index contributed by atoms with van der Waals surface area (Å²) in [6.07, 6.45) is 28.2. The van der Waals surface area contributed by atoms with Crippen LogP contribution in [0.4, 0.5) is 0 Å². The number of imidazole rings is 2. The van der Waals surface area contributed by atoms with Crippen molar-refractivity contribution in [2.45, 2.75) is 143 Å². The molecule has 12 heteroatoms. The highest BCUT2D eigenvalue weighted by atomic mass is 16.2. The summed E-state index contributed by atoms with van der Waals surface area (Å²) in [4.78, 5) is 50.0. The van der Waals surface area contributed by atoms with Gasteiger partial charge in [-0.25, -0.2) is 18.3 Å². The number of amides is 3. The second-order valence-electron chi connectivity index (χ2n) is 15.0. The lowest BCUT2D eigenvalue weighted by atomic mass is 10.2. The number of hydrogen-bond acceptors (Lipinski definition) is 4. The van der Waals surface area contributed by atoms with Crippen molar-refractivity contribution in [1.29, 1.82) is 0 Å². The first kappa shape index (κ1) is 40.5. The van der Waals surface area contributed by atoms with Crippen molar-refractivity contribution < 1.29 is 28.4 Å². The molecule has 4 rings (SSSR count). The van der Waals surface area contributed by atoms with Crippen molar-refractivity contribution in [3.63, 3.8) is 0 Å². The molecule has 2 aromatic rings. The van der Waals surface area contributed by atoms with E-state index in [1.807, 2.05) is 12.4 Å². The van der Waals surface area contributed by atoms with E-state index in [0.29, 0.717) is 38.9 Å². The molecule has 3 amide bonds. The van der Waals surface area contributed by atoms with Gasteiger partial charge >= 0.3 is 0 Å². The topological polar surface area (TPSA) is 86.2 Å². The van der Waals surface area contributed by atoms with Gasteiger partial charge < -0.3 is 19.6 Å². The summed E-state index contributed by atoms with van der Waals surface area (Å²) in [5.74, 6) is -0.0690. The molecule has 0 aromatic carbocycles. The molecule has 2 saturated heterocycles. The molecule has 1 N–H and O–H groups in total. The molecule has 1 unspecified atom stereocenters. The average molecular weight is 713 g/mol. The van der Waals surface area contributed by atoms with Crippen LogP contribution in [0.15, 0.2) is 37.4 Å². The fraction of sp³-hybridized carbons (Fsp3) is 0.769. The minimum Gasteiger partial charge on any atom is -0.321 e. The number of aryl methyl sites for hydroxylation is 4. The quantitative estimate of drug-likeness (QED) is 0.134. The molecule has 0 aliphatic carbocycles. The lowest BCUT2D eigenvalue weighted by Gasteiger charge is -2.42. The summed E-state index contributed by atoms with van der Waals surface area (Å²) in [7, 11) is 0. The summed E-state index contributed by atoms with van der Waals surface area (Å²) >= 11 is 0. The zero-order valence-electron chi connectivity index (χ0n) is 32.4. The maximum atomic E-state index is 13.6. The van der Waals surface area contributed by atoms with Crippen LogP contribution in [0, 0.1) is 0 Å². The van der Waals surface area contributed by atoms with Gasteiger partial charge in [-0.3, -0.25) is 19.3 Å². The largest absolute Gasteiger partial charge is 0.321 e. The van der Waals surface area contributed by atoms with Gasteiger partial charge in [-0.2, -0.15) is 0 Å². The predicted octanol–water partition coefficient (Wildman–Crippen LogP) is 3.01. The van der Waals surface area contributed by atoms with E-state index < -0.39 is 0 Å². The van der Waals surface area contributed by atoms with Gasteiger partial charge in [0.05, 0.1) is 78.7 Å². The normalized spacial score (nSPS) is 16.8. The van der Waals surface area contributed by atoms with E-state index in [1.165, 1.54) is 70.8 Å². The van der Waals surface area contributed by atoms with E-state index in [0.717, 1.165) is 45.7 Å². The van der Waals surface area contributed by atoms with Crippen LogP contribution in [0.3, 0.4) is 0 Å². The van der Waals surface area contributed by atoms with Crippen molar-refractivity contribution in [2.24, 2.45) is 0 Å². The van der Waals surface area contributed by atoms with Crippen LogP contribution in [0.2, 0.25) is 0 Å². The minimum absolute atomic E-state index is 0.00532. The van der Waals surface area contributed by atoms with E-state index in [9.17, 15) is 14.4 Å². The molecule has 0 bridgehead atoms. The third-order valence-corrected chi connectivity index (χ3v) is 10.5. The standard InChI is InChI=1S/C39H69N9O3/c1-4-7-10-13-19-40-25-28-43(31-40)22-16-37(49)46-34-47(38(50)17-23-44-29-26-41(32-44)20-14-11-8-5-2)36-48(35-46)39(51)18-24-45-30-27-42(33-45)21-15-12-9-6-3/h25-26,28-29,31-32H,4-24,27,30,33-36H2,1-3H3/q+2/p+1. The first-order valence-electron chi connectivity index (χ1n) is 20.4. The van der Waals surface area contributed by atoms with Crippen molar-refractivity contribution in [2.75, 3.05) is 52.9 Å². The maximum absolute atomic E-state index is 13.6. The van der Waals surface area contributed by atoms with Gasteiger partial charge in [-0.1, -0.05) is 59.3 Å². The third-order valence-electron chi connectivity index (χ3n) is 10.5. The fourth-order valence-corrected chi connectivity index (χ4v) is 7.24. The molecule has 0 saturated carbocycles. The molecule has 2 aliphatic heterocycles. The molecule has 12 nitrogen and oxygen atoms in total. The Morgan fingerprint density at radius 2 is 1.04 bits per heavy atom. The van der Waals surface area contributed by atoms with Crippen molar-refractivity contribution in [3.05, 3.63) is 37.4 Å². The first-order valence-corrected chi connectivity index (χ1v) is 20.4. The van der Waals surface area contributed by atoms with Gasteiger partial charge in [0.15, 0.2) is 0 Å². The second kappa shape index (κ2) is 22.6. The summed E-state index contributed by atoms with van der Waals surface area (Å²) in [6.45, 7) is 15.5. The van der Waals surface area contributed by atoms with Crippen LogP contribution >= 0.6 is 0 Å². The number of rotatable bonds is 24. The maximum Gasteiger partial charge on any atom is 0.243 e. The highest BCUT2D eigenvalue weighted by molar-refractivity contribution is 5.82. The molecule has 0 spiro atoms. The monoisotopic (exact) mass is 713 g/mol. The Hall–Kier alpha value is -3.25. The van der Waals surface area contributed by atoms with E-state index in [4.69, 9.17) is 0 Å². The number of nitrogens with one attached hydrogen (secondary N) is 1. The van der Waals surface area contributed by atoms with Gasteiger partial charge in [0, 0.05) is 13.0 Å². The van der Waals surface area contributed by atoms with Crippen LogP contribution in [0.25, 0.3) is 0 Å². The van der Waals surface area contributed by atoms with Crippen LogP contribution in [-0.2, 0) is 40.6 Å². The predicted molar refractivity (Wildman–Crippen MR) is 198 cm³/mol. The van der Waals surface area contributed by atoms with Gasteiger partial charge in [0.25, 0.3) is 0 Å². The Bertz CT molecular complexity index is 1240. The average Bonchev–Trinajstić information content (AvgIpc) is 3.92. The molecule has 4 heterocycles. The summed E-state index contributed by atoms with van der Waals surface area (Å²) in [5, 5.41) is 0. The van der Waals surface area contributed by atoms with Crippen LogP contribution in [0.1, 0.15) is 117 Å². The number of nitrogens with zero attached hydrogens (tertiary/aromatic N) is 8. The Morgan fingerprint density at radius 3 is 1.51 bits per heavy atom. The highest BCUT2D eigenvalue weighted by Crippen LogP contribution is 2.14. The molecule has 51 heavy (non-hydrogen) atoms. The van der Waals surface area contributed by atoms with Crippen molar-refractivity contribution in [3.8, 4) is 0 Å². The number of aromatic nitrogens is 4. The second-order valence-corrected chi connectivity index (χ2v) is 15.0. The molecule has 2 aliphatic rings. The number of hydrogen-bond donors (Lipinski definition) is 1. The van der Waals surface area contributed by atoms with E-state index in [-0.39, 0.29) is 37.7 Å². The van der Waals surface area contributed by atoms with Gasteiger partial charge in [-0.05, 0) is 38.5 Å². The summed E-state index contributed by atoms with van der Waals surface area (Å²) in [6, 6.07) is 0. The number of quaternary nitrogens is 1. The van der Waals surface area contributed by atoms with Crippen LogP contribution in [0.5, 0.6) is 0 Å². The van der Waals surface area contributed by atoms with Crippen molar-refractivity contribution >= 4 is 17.7 Å². The number of carbonyl (C=O) groups excluding carboxylic acids is 3. The molecular weight excluding hydrogens is 642 g/mol. The molecular formula is C39H70N9O3+3. The van der Waals surface area contributed by atoms with Crippen molar-refractivity contribution in [1.82, 2.24) is 28.7 Å². The van der Waals surface area contributed by atoms with Crippen LogP contribution < -0.4 is 14.0 Å². The fourth-order valence-electron chi connectivity index (χ4n) is 7.24. The molecule has 286 valence electrons. The Morgan fingerprint density at radius 1 is 0.588 bits per heavy atom. The Labute approximate surface area is 308 Å². The first-order chi connectivity index (χ1) is 24.9. The minimum atomic E-state index is -0.0372. The zero-order chi connectivity index (χ0) is 36.3. The Balaban J connectivity index is 1.30. The lowest BCUT2D eigenvalue weighted by molar-refractivity contribution is -0.892. The van der Waals surface area contributed by atoms with Gasteiger partial charge in [0.1, 0.15) is 31.5 Å². The van der Waals surface area contributed by atoms with Crippen LogP contribution in [-0.4, -0.2) is 99.3 Å². The highest BCUT2D eigenvalue weighted by Gasteiger charge is 2.33. The zero-order valence-corrected chi connectivity index (χ0v) is 32.4. The smallest absolute Gasteiger partial charge is 0.243 e. The molecule has 0 radical (unpaired) electrons. The summed E-state index contributed by atoms with van der Waals surface area (Å²) in [5.41, 5.74) is 0. The lowest BCUT2D eigenvalue weighted by Crippen LogP contribution is -3.10. The van der Waals surface area contributed by atoms with E-state index in [2.05, 4.69) is 69.0 Å². The third kappa shape index (κ3) is 14.4. The van der Waals surface area contributed by atoms with Gasteiger partial charge in [0.2, 0.25) is 30.4 Å². The molecule has 2 aromatic heterocycles.